The van der Waals surface area contributed by atoms with E-state index in [4.69, 9.17) is 4.74 Å². The number of hydrogen-bond acceptors (Lipinski definition) is 3. The highest BCUT2D eigenvalue weighted by molar-refractivity contribution is 4.84. The van der Waals surface area contributed by atoms with Crippen molar-refractivity contribution >= 4 is 0 Å². The van der Waals surface area contributed by atoms with E-state index in [-0.39, 0.29) is 18.8 Å². The third-order valence-corrected chi connectivity index (χ3v) is 4.69. The fourth-order valence-corrected chi connectivity index (χ4v) is 3.57. The van der Waals surface area contributed by atoms with Gasteiger partial charge in [0, 0.05) is 58.7 Å². The Labute approximate surface area is 121 Å². The van der Waals surface area contributed by atoms with Crippen molar-refractivity contribution < 1.29 is 13.5 Å². The summed E-state index contributed by atoms with van der Waals surface area (Å²) in [5.74, 6) is -2.24. The summed E-state index contributed by atoms with van der Waals surface area (Å²) in [4.78, 5) is 4.80. The van der Waals surface area contributed by atoms with Crippen molar-refractivity contribution in [3.05, 3.63) is 0 Å². The average Bonchev–Trinajstić information content (AvgIpc) is 2.36. The summed E-state index contributed by atoms with van der Waals surface area (Å²) in [7, 11) is 1.73. The first-order valence-corrected chi connectivity index (χ1v) is 7.83. The van der Waals surface area contributed by atoms with Crippen molar-refractivity contribution in [3.63, 3.8) is 0 Å². The monoisotopic (exact) mass is 290 g/mol. The molecular weight excluding hydrogens is 262 g/mol. The molecule has 1 heterocycles. The van der Waals surface area contributed by atoms with Crippen LogP contribution >= 0.6 is 0 Å². The van der Waals surface area contributed by atoms with Crippen molar-refractivity contribution in [1.82, 2.24) is 9.80 Å². The lowest BCUT2D eigenvalue weighted by Crippen LogP contribution is -2.53. The van der Waals surface area contributed by atoms with Gasteiger partial charge in [0.25, 0.3) is 0 Å². The molecule has 1 aliphatic carbocycles. The van der Waals surface area contributed by atoms with Crippen molar-refractivity contribution in [1.29, 1.82) is 0 Å². The first-order valence-electron chi connectivity index (χ1n) is 7.83. The summed E-state index contributed by atoms with van der Waals surface area (Å²) in [6.07, 6.45) is 1.82. The van der Waals surface area contributed by atoms with Crippen molar-refractivity contribution in [3.8, 4) is 0 Å². The maximum atomic E-state index is 13.4. The molecule has 0 aromatic heterocycles. The summed E-state index contributed by atoms with van der Waals surface area (Å²) in [5, 5.41) is 0. The molecule has 0 aromatic rings. The molecule has 118 valence electrons. The Kier molecular flexibility index (Phi) is 5.75. The Morgan fingerprint density at radius 2 is 2.10 bits per heavy atom. The van der Waals surface area contributed by atoms with Crippen LogP contribution in [-0.4, -0.2) is 68.2 Å². The fraction of sp³-hybridized carbons (Fsp3) is 1.00. The molecule has 0 aromatic carbocycles. The molecule has 0 spiro atoms. The van der Waals surface area contributed by atoms with Crippen LogP contribution in [0.5, 0.6) is 0 Å². The van der Waals surface area contributed by atoms with Crippen LogP contribution in [0.25, 0.3) is 0 Å². The second-order valence-corrected chi connectivity index (χ2v) is 6.46. The van der Waals surface area contributed by atoms with Gasteiger partial charge in [-0.15, -0.1) is 0 Å². The second-order valence-electron chi connectivity index (χ2n) is 6.46. The van der Waals surface area contributed by atoms with Gasteiger partial charge in [0.2, 0.25) is 5.92 Å². The van der Waals surface area contributed by atoms with Gasteiger partial charge in [0.15, 0.2) is 0 Å². The Morgan fingerprint density at radius 1 is 1.30 bits per heavy atom. The largest absolute Gasteiger partial charge is 0.383 e. The topological polar surface area (TPSA) is 15.7 Å². The number of piperazine rings is 1. The predicted octanol–water partition coefficient (Wildman–Crippen LogP) is 2.46. The maximum absolute atomic E-state index is 13.4. The number of hydrogen-bond donors (Lipinski definition) is 0. The summed E-state index contributed by atoms with van der Waals surface area (Å²) >= 11 is 0. The average molecular weight is 290 g/mol. The predicted molar refractivity (Wildman–Crippen MR) is 76.3 cm³/mol. The molecule has 0 bridgehead atoms. The summed E-state index contributed by atoms with van der Waals surface area (Å²) in [5.41, 5.74) is 0. The molecule has 5 heteroatoms. The quantitative estimate of drug-likeness (QED) is 0.773. The van der Waals surface area contributed by atoms with Gasteiger partial charge in [0.1, 0.15) is 0 Å². The molecule has 2 atom stereocenters. The highest BCUT2D eigenvalue weighted by Gasteiger charge is 2.37. The molecule has 0 N–H and O–H groups in total. The number of rotatable bonds is 5. The van der Waals surface area contributed by atoms with Gasteiger partial charge in [-0.1, -0.05) is 0 Å². The first kappa shape index (κ1) is 16.1. The van der Waals surface area contributed by atoms with Crippen LogP contribution in [0.15, 0.2) is 0 Å². The second kappa shape index (κ2) is 7.14. The zero-order chi connectivity index (χ0) is 14.6. The smallest absolute Gasteiger partial charge is 0.248 e. The Hall–Kier alpha value is -0.260. The van der Waals surface area contributed by atoms with Crippen LogP contribution < -0.4 is 0 Å². The van der Waals surface area contributed by atoms with E-state index >= 15 is 0 Å². The van der Waals surface area contributed by atoms with Crippen molar-refractivity contribution in [2.75, 3.05) is 46.4 Å². The third-order valence-electron chi connectivity index (χ3n) is 4.69. The van der Waals surface area contributed by atoms with E-state index in [0.717, 1.165) is 45.8 Å². The van der Waals surface area contributed by atoms with Crippen molar-refractivity contribution in [2.24, 2.45) is 5.92 Å². The lowest BCUT2D eigenvalue weighted by molar-refractivity contribution is -0.0599. The van der Waals surface area contributed by atoms with Gasteiger partial charge >= 0.3 is 0 Å². The molecule has 1 saturated carbocycles. The van der Waals surface area contributed by atoms with Crippen LogP contribution in [0.2, 0.25) is 0 Å². The SMILES string of the molecule is COCCN1CCN(C[C@@H]2CCCC(F)(F)C2)C[C@H]1C. The number of alkyl halides is 2. The van der Waals surface area contributed by atoms with E-state index in [1.54, 1.807) is 7.11 Å². The van der Waals surface area contributed by atoms with Crippen LogP contribution in [0, 0.1) is 5.92 Å². The summed E-state index contributed by atoms with van der Waals surface area (Å²) in [6, 6.07) is 0.489. The highest BCUT2D eigenvalue weighted by Crippen LogP contribution is 2.37. The molecule has 2 rings (SSSR count). The van der Waals surface area contributed by atoms with Crippen LogP contribution in [-0.2, 0) is 4.74 Å². The van der Waals surface area contributed by atoms with Gasteiger partial charge in [-0.05, 0) is 25.7 Å². The minimum atomic E-state index is -2.42. The third kappa shape index (κ3) is 4.64. The first-order chi connectivity index (χ1) is 9.50. The van der Waals surface area contributed by atoms with E-state index in [9.17, 15) is 8.78 Å². The lowest BCUT2D eigenvalue weighted by atomic mass is 9.86. The van der Waals surface area contributed by atoms with Gasteiger partial charge < -0.3 is 9.64 Å². The van der Waals surface area contributed by atoms with Crippen LogP contribution in [0.4, 0.5) is 8.78 Å². The Balaban J connectivity index is 1.75. The number of methoxy groups -OCH3 is 1. The molecule has 1 aliphatic heterocycles. The molecule has 0 amide bonds. The number of nitrogens with zero attached hydrogens (tertiary/aromatic N) is 2. The van der Waals surface area contributed by atoms with E-state index in [1.807, 2.05) is 0 Å². The summed E-state index contributed by atoms with van der Waals surface area (Å²) in [6.45, 7) is 7.80. The van der Waals surface area contributed by atoms with E-state index in [0.29, 0.717) is 12.5 Å². The Bertz CT molecular complexity index is 302. The maximum Gasteiger partial charge on any atom is 0.248 e. The standard InChI is InChI=1S/C15H28F2N2O/c1-13-11-18(6-7-19(13)8-9-20-2)12-14-4-3-5-15(16,17)10-14/h13-14H,3-12H2,1-2H3/t13-,14-/m1/s1. The fourth-order valence-electron chi connectivity index (χ4n) is 3.57. The van der Waals surface area contributed by atoms with Crippen LogP contribution in [0.1, 0.15) is 32.6 Å². The van der Waals surface area contributed by atoms with Crippen LogP contribution in [0.3, 0.4) is 0 Å². The van der Waals surface area contributed by atoms with E-state index in [1.165, 1.54) is 0 Å². The normalized spacial score (nSPS) is 32.4. The molecule has 3 nitrogen and oxygen atoms in total. The van der Waals surface area contributed by atoms with Gasteiger partial charge in [-0.25, -0.2) is 8.78 Å². The lowest BCUT2D eigenvalue weighted by Gasteiger charge is -2.42. The van der Waals surface area contributed by atoms with E-state index in [2.05, 4.69) is 16.7 Å². The number of ether oxygens (including phenoxy) is 1. The van der Waals surface area contributed by atoms with Gasteiger partial charge in [-0.3, -0.25) is 4.90 Å². The molecule has 2 fully saturated rings. The number of halogens is 2. The molecule has 20 heavy (non-hydrogen) atoms. The zero-order valence-corrected chi connectivity index (χ0v) is 12.8. The molecule has 0 unspecified atom stereocenters. The molecule has 1 saturated heterocycles. The Morgan fingerprint density at radius 3 is 2.75 bits per heavy atom. The van der Waals surface area contributed by atoms with Gasteiger partial charge in [-0.2, -0.15) is 0 Å². The van der Waals surface area contributed by atoms with Gasteiger partial charge in [0.05, 0.1) is 6.61 Å². The zero-order valence-electron chi connectivity index (χ0n) is 12.8. The molecular formula is C15H28F2N2O. The highest BCUT2D eigenvalue weighted by atomic mass is 19.3. The summed E-state index contributed by atoms with van der Waals surface area (Å²) < 4.78 is 32.0. The minimum absolute atomic E-state index is 0.0880. The molecule has 2 aliphatic rings. The van der Waals surface area contributed by atoms with E-state index < -0.39 is 5.92 Å². The minimum Gasteiger partial charge on any atom is -0.383 e. The molecule has 0 radical (unpaired) electrons. The van der Waals surface area contributed by atoms with Crippen molar-refractivity contribution in [2.45, 2.75) is 44.6 Å².